The number of aliphatic carboxylic acids is 1. The molecule has 0 amide bonds. The summed E-state index contributed by atoms with van der Waals surface area (Å²) in [6.07, 6.45) is -0.0541. The highest BCUT2D eigenvalue weighted by atomic mass is 16.5. The molecule has 1 aromatic heterocycles. The zero-order chi connectivity index (χ0) is 14.1. The molecule has 3 rings (SSSR count). The van der Waals surface area contributed by atoms with Gasteiger partial charge in [0.1, 0.15) is 5.52 Å². The topological polar surface area (TPSA) is 94.3 Å². The third-order valence-electron chi connectivity index (χ3n) is 3.39. The minimum atomic E-state index is -0.968. The maximum absolute atomic E-state index is 12.2. The Bertz CT molecular complexity index is 712. The molecule has 0 bridgehead atoms. The second-order valence-corrected chi connectivity index (χ2v) is 4.76. The molecular weight excluding hydrogens is 262 g/mol. The van der Waals surface area contributed by atoms with Gasteiger partial charge in [-0.3, -0.25) is 4.79 Å². The van der Waals surface area contributed by atoms with Gasteiger partial charge in [-0.2, -0.15) is 0 Å². The van der Waals surface area contributed by atoms with Crippen molar-refractivity contribution in [1.29, 1.82) is 0 Å². The second kappa shape index (κ2) is 5.01. The van der Waals surface area contributed by atoms with Crippen molar-refractivity contribution < 1.29 is 14.6 Å². The van der Waals surface area contributed by atoms with Crippen LogP contribution in [0.5, 0.6) is 0 Å². The monoisotopic (exact) mass is 275 g/mol. The van der Waals surface area contributed by atoms with E-state index in [0.717, 1.165) is 0 Å². The fourth-order valence-electron chi connectivity index (χ4n) is 2.36. The SMILES string of the molecule is O=C(O)C1CCC(Cn2nnc3ccccc3c2=O)O1. The number of nitrogens with zero attached hydrogens (tertiary/aromatic N) is 3. The maximum atomic E-state index is 12.2. The van der Waals surface area contributed by atoms with E-state index in [1.807, 2.05) is 0 Å². The zero-order valence-electron chi connectivity index (χ0n) is 10.6. The van der Waals surface area contributed by atoms with Gasteiger partial charge in [0.05, 0.1) is 18.0 Å². The Labute approximate surface area is 113 Å². The standard InChI is InChI=1S/C13H13N3O4/c17-12-9-3-1-2-4-10(9)14-15-16(12)7-8-5-6-11(20-8)13(18)19/h1-4,8,11H,5-7H2,(H,18,19). The number of ether oxygens (including phenoxy) is 1. The molecule has 1 N–H and O–H groups in total. The van der Waals surface area contributed by atoms with E-state index in [9.17, 15) is 9.59 Å². The normalized spacial score (nSPS) is 22.2. The average molecular weight is 275 g/mol. The Morgan fingerprint density at radius 3 is 2.95 bits per heavy atom. The van der Waals surface area contributed by atoms with Crippen molar-refractivity contribution in [3.63, 3.8) is 0 Å². The number of carboxylic acid groups (broad SMARTS) is 1. The van der Waals surface area contributed by atoms with Crippen LogP contribution < -0.4 is 5.56 Å². The molecule has 2 heterocycles. The molecule has 0 aliphatic carbocycles. The highest BCUT2D eigenvalue weighted by molar-refractivity contribution is 5.76. The summed E-state index contributed by atoms with van der Waals surface area (Å²) in [4.78, 5) is 23.0. The Morgan fingerprint density at radius 2 is 2.20 bits per heavy atom. The summed E-state index contributed by atoms with van der Waals surface area (Å²) in [5.74, 6) is -0.968. The molecule has 1 saturated heterocycles. The lowest BCUT2D eigenvalue weighted by atomic mass is 10.2. The number of hydrogen-bond donors (Lipinski definition) is 1. The zero-order valence-corrected chi connectivity index (χ0v) is 10.6. The molecule has 7 nitrogen and oxygen atoms in total. The number of carbonyl (C=O) groups is 1. The van der Waals surface area contributed by atoms with E-state index >= 15 is 0 Å². The fraction of sp³-hybridized carbons (Fsp3) is 0.385. The molecule has 1 aliphatic heterocycles. The number of rotatable bonds is 3. The van der Waals surface area contributed by atoms with Gasteiger partial charge in [-0.25, -0.2) is 9.48 Å². The van der Waals surface area contributed by atoms with Gasteiger partial charge in [-0.1, -0.05) is 17.3 Å². The summed E-state index contributed by atoms with van der Waals surface area (Å²) < 4.78 is 6.60. The fourth-order valence-corrected chi connectivity index (χ4v) is 2.36. The number of benzene rings is 1. The van der Waals surface area contributed by atoms with Crippen LogP contribution in [0.1, 0.15) is 12.8 Å². The van der Waals surface area contributed by atoms with Gasteiger partial charge in [0.25, 0.3) is 5.56 Å². The average Bonchev–Trinajstić information content (AvgIpc) is 2.91. The van der Waals surface area contributed by atoms with Gasteiger partial charge in [0.2, 0.25) is 0 Å². The summed E-state index contributed by atoms with van der Waals surface area (Å²) in [5.41, 5.74) is 0.308. The van der Waals surface area contributed by atoms with Crippen LogP contribution in [-0.4, -0.2) is 38.3 Å². The number of aromatic nitrogens is 3. The summed E-state index contributed by atoms with van der Waals surface area (Å²) in [5, 5.41) is 17.2. The Kier molecular flexibility index (Phi) is 3.19. The van der Waals surface area contributed by atoms with Crippen molar-refractivity contribution in [3.8, 4) is 0 Å². The van der Waals surface area contributed by atoms with Crippen LogP contribution in [0.2, 0.25) is 0 Å². The third kappa shape index (κ3) is 2.27. The first-order valence-electron chi connectivity index (χ1n) is 6.36. The van der Waals surface area contributed by atoms with Crippen LogP contribution >= 0.6 is 0 Å². The Balaban J connectivity index is 1.84. The first kappa shape index (κ1) is 12.7. The van der Waals surface area contributed by atoms with Gasteiger partial charge >= 0.3 is 5.97 Å². The lowest BCUT2D eigenvalue weighted by Crippen LogP contribution is -2.30. The molecule has 2 unspecified atom stereocenters. The van der Waals surface area contributed by atoms with Gasteiger partial charge in [-0.15, -0.1) is 5.10 Å². The molecule has 0 saturated carbocycles. The number of hydrogen-bond acceptors (Lipinski definition) is 5. The molecule has 1 fully saturated rings. The van der Waals surface area contributed by atoms with Crippen LogP contribution in [0, 0.1) is 0 Å². The summed E-state index contributed by atoms with van der Waals surface area (Å²) >= 11 is 0. The second-order valence-electron chi connectivity index (χ2n) is 4.76. The largest absolute Gasteiger partial charge is 0.479 e. The van der Waals surface area contributed by atoms with Crippen LogP contribution in [0.25, 0.3) is 10.9 Å². The molecule has 7 heteroatoms. The van der Waals surface area contributed by atoms with E-state index in [0.29, 0.717) is 23.7 Å². The molecule has 1 aromatic carbocycles. The summed E-state index contributed by atoms with van der Waals surface area (Å²) in [6.45, 7) is 0.223. The van der Waals surface area contributed by atoms with Crippen LogP contribution in [0.4, 0.5) is 0 Å². The minimum absolute atomic E-state index is 0.223. The van der Waals surface area contributed by atoms with E-state index in [2.05, 4.69) is 10.3 Å². The van der Waals surface area contributed by atoms with Crippen molar-refractivity contribution in [3.05, 3.63) is 34.6 Å². The first-order chi connectivity index (χ1) is 9.65. The summed E-state index contributed by atoms with van der Waals surface area (Å²) in [6, 6.07) is 6.97. The van der Waals surface area contributed by atoms with Gasteiger partial charge in [0.15, 0.2) is 6.10 Å². The van der Waals surface area contributed by atoms with Crippen molar-refractivity contribution >= 4 is 16.9 Å². The molecule has 0 radical (unpaired) electrons. The lowest BCUT2D eigenvalue weighted by molar-refractivity contribution is -0.149. The quantitative estimate of drug-likeness (QED) is 0.872. The van der Waals surface area contributed by atoms with E-state index in [1.54, 1.807) is 24.3 Å². The van der Waals surface area contributed by atoms with Crippen LogP contribution in [0.3, 0.4) is 0 Å². The van der Waals surface area contributed by atoms with Gasteiger partial charge in [0, 0.05) is 0 Å². The molecule has 20 heavy (non-hydrogen) atoms. The Morgan fingerprint density at radius 1 is 1.40 bits per heavy atom. The first-order valence-corrected chi connectivity index (χ1v) is 6.36. The van der Waals surface area contributed by atoms with E-state index in [1.165, 1.54) is 4.68 Å². The van der Waals surface area contributed by atoms with Crippen molar-refractivity contribution in [2.75, 3.05) is 0 Å². The molecule has 2 atom stereocenters. The summed E-state index contributed by atoms with van der Waals surface area (Å²) in [7, 11) is 0. The van der Waals surface area contributed by atoms with Gasteiger partial charge in [-0.05, 0) is 25.0 Å². The number of carboxylic acids is 1. The van der Waals surface area contributed by atoms with Crippen molar-refractivity contribution in [2.24, 2.45) is 0 Å². The van der Waals surface area contributed by atoms with E-state index in [4.69, 9.17) is 9.84 Å². The smallest absolute Gasteiger partial charge is 0.332 e. The number of fused-ring (bicyclic) bond motifs is 1. The van der Waals surface area contributed by atoms with Crippen LogP contribution in [-0.2, 0) is 16.1 Å². The third-order valence-corrected chi connectivity index (χ3v) is 3.39. The highest BCUT2D eigenvalue weighted by Gasteiger charge is 2.31. The molecule has 2 aromatic rings. The van der Waals surface area contributed by atoms with Crippen molar-refractivity contribution in [1.82, 2.24) is 15.0 Å². The van der Waals surface area contributed by atoms with E-state index < -0.39 is 12.1 Å². The van der Waals surface area contributed by atoms with E-state index in [-0.39, 0.29) is 18.2 Å². The minimum Gasteiger partial charge on any atom is -0.479 e. The predicted octanol–water partition coefficient (Wildman–Crippen LogP) is 0.424. The molecule has 0 spiro atoms. The molecule has 104 valence electrons. The molecule has 1 aliphatic rings. The maximum Gasteiger partial charge on any atom is 0.332 e. The predicted molar refractivity (Wildman–Crippen MR) is 69.3 cm³/mol. The Hall–Kier alpha value is -2.28. The molecular formula is C13H13N3O4. The highest BCUT2D eigenvalue weighted by Crippen LogP contribution is 2.20. The lowest BCUT2D eigenvalue weighted by Gasteiger charge is -2.11. The van der Waals surface area contributed by atoms with Gasteiger partial charge < -0.3 is 9.84 Å². The van der Waals surface area contributed by atoms with Crippen molar-refractivity contribution in [2.45, 2.75) is 31.6 Å². The van der Waals surface area contributed by atoms with Crippen LogP contribution in [0.15, 0.2) is 29.1 Å².